The second-order valence-corrected chi connectivity index (χ2v) is 29.6. The van der Waals surface area contributed by atoms with Crippen molar-refractivity contribution in [3.05, 3.63) is 35.9 Å². The largest absolute Gasteiger partial charge is 0.481 e. The molecule has 2 bridgehead atoms. The summed E-state index contributed by atoms with van der Waals surface area (Å²) in [5, 5.41) is 60.1. The van der Waals surface area contributed by atoms with E-state index in [1.807, 2.05) is 0 Å². The zero-order chi connectivity index (χ0) is 77.2. The lowest BCUT2D eigenvalue weighted by Gasteiger charge is -2.35. The summed E-state index contributed by atoms with van der Waals surface area (Å²) in [4.78, 5) is 225. The molecular weight excluding hydrogens is 1410 g/mol. The topological polar surface area (TPSA) is 549 Å². The van der Waals surface area contributed by atoms with E-state index >= 15 is 14.4 Å². The van der Waals surface area contributed by atoms with Crippen LogP contribution in [0.15, 0.2) is 35.3 Å². The number of aliphatic imine (C=N–C) groups is 1. The van der Waals surface area contributed by atoms with Crippen LogP contribution in [0.5, 0.6) is 0 Å². The second-order valence-electron chi connectivity index (χ2n) is 27.0. The number of rotatable bonds is 18. The van der Waals surface area contributed by atoms with Gasteiger partial charge in [-0.15, -0.1) is 0 Å². The maximum Gasteiger partial charge on any atom is 0.305 e. The molecule has 38 heteroatoms. The molecule has 105 heavy (non-hydrogen) atoms. The number of guanidine groups is 1. The number of hydrogen-bond acceptors (Lipinski definition) is 21. The molecule has 582 valence electrons. The van der Waals surface area contributed by atoms with Gasteiger partial charge in [0, 0.05) is 44.1 Å². The molecular formula is C67H104N18O18S2. The lowest BCUT2D eigenvalue weighted by atomic mass is 9.96. The van der Waals surface area contributed by atoms with E-state index in [0.717, 1.165) is 28.5 Å². The molecule has 5 aliphatic heterocycles. The zero-order valence-corrected chi connectivity index (χ0v) is 61.5. The van der Waals surface area contributed by atoms with Crippen LogP contribution in [-0.4, -0.2) is 267 Å². The summed E-state index contributed by atoms with van der Waals surface area (Å²) in [5.41, 5.74) is 17.5. The van der Waals surface area contributed by atoms with E-state index in [1.54, 1.807) is 58.0 Å². The third-order valence-corrected chi connectivity index (χ3v) is 21.7. The predicted octanol–water partition coefficient (Wildman–Crippen LogP) is -5.30. The van der Waals surface area contributed by atoms with Crippen molar-refractivity contribution in [2.45, 2.75) is 216 Å². The van der Waals surface area contributed by atoms with Crippen LogP contribution in [0.3, 0.4) is 0 Å². The minimum absolute atomic E-state index is 0.00934. The van der Waals surface area contributed by atoms with Crippen LogP contribution in [0.25, 0.3) is 0 Å². The Morgan fingerprint density at radius 2 is 1.01 bits per heavy atom. The summed E-state index contributed by atoms with van der Waals surface area (Å²) < 4.78 is 0. The van der Waals surface area contributed by atoms with Gasteiger partial charge in [-0.25, -0.2) is 0 Å². The Kier molecular flexibility index (Phi) is 33.8. The van der Waals surface area contributed by atoms with Crippen molar-refractivity contribution in [2.24, 2.45) is 34.0 Å². The van der Waals surface area contributed by atoms with E-state index in [9.17, 15) is 72.9 Å². The minimum atomic E-state index is -1.94. The molecule has 36 nitrogen and oxygen atoms in total. The predicted molar refractivity (Wildman–Crippen MR) is 384 cm³/mol. The first-order valence-corrected chi connectivity index (χ1v) is 38.3. The molecule has 0 saturated carbocycles. The number of carbonyl (C=O) groups excluding carboxylic acids is 14. The maximum atomic E-state index is 15.3. The molecule has 16 atom stereocenters. The number of amides is 14. The molecule has 20 N–H and O–H groups in total. The number of carbonyl (C=O) groups is 15. The standard InChI is InChI=1S/C67H104N18O18S2/c1-6-35(3)51-62(99)79-44-33-104-105-34-45(78-55(92)39(20-13-25-71-67(69)70)73-49(88)31-72-54(91)41(30-50(89)90)75-60(97)46-21-14-26-83(46)64(101)42(76-58(44)95)29-38-17-9-8-10-18-38)59(96)82-53(37(5)87)63(100)74-40(19-11-12-24-68)56(93)77-43(32-86)57(94)81-52(36(4)7-2)66(103)85-28-16-23-48(85)65(102)84-27-15-22-47(84)61(98)80-51/h8-10,17-18,35-37,39-48,51-53,86-87H,6-7,11-16,19-34,68H2,1-5H3,(H,72,91)(H,73,88)(H,74,100)(H,75,97)(H,76,95)(H,77,93)(H,78,92)(H,79,99)(H,80,98)(H,81,94)(H,82,96)(H,89,90)(H4,69,70,71)/t35-,36-,37?,39+,40?,41+,42-,43+,44-,45+,46?,47?,48?,51+,52+,53?/m1/s1. The van der Waals surface area contributed by atoms with Gasteiger partial charge in [0.2, 0.25) is 82.7 Å². The molecule has 0 aliphatic carbocycles. The number of nitrogens with one attached hydrogen (secondary N) is 11. The van der Waals surface area contributed by atoms with Gasteiger partial charge in [-0.05, 0) is 101 Å². The normalized spacial score (nSPS) is 28.5. The van der Waals surface area contributed by atoms with E-state index < -0.39 is 216 Å². The Balaban J connectivity index is 1.50. The van der Waals surface area contributed by atoms with E-state index in [4.69, 9.17) is 17.2 Å². The molecule has 0 radical (unpaired) electrons. The number of aliphatic hydroxyl groups excluding tert-OH is 2. The van der Waals surface area contributed by atoms with Crippen molar-refractivity contribution in [3.63, 3.8) is 0 Å². The molecule has 5 saturated heterocycles. The quantitative estimate of drug-likeness (QED) is 0.0282. The Morgan fingerprint density at radius 3 is 1.59 bits per heavy atom. The van der Waals surface area contributed by atoms with Gasteiger partial charge in [-0.1, -0.05) is 92.5 Å². The average molecular weight is 1510 g/mol. The number of aliphatic hydroxyl groups is 2. The van der Waals surface area contributed by atoms with Gasteiger partial charge in [0.05, 0.1) is 25.7 Å². The van der Waals surface area contributed by atoms with Crippen molar-refractivity contribution in [1.82, 2.24) is 73.2 Å². The molecule has 0 spiro atoms. The molecule has 6 rings (SSSR count). The second kappa shape index (κ2) is 41.7. The Hall–Kier alpha value is -8.88. The van der Waals surface area contributed by atoms with Crippen molar-refractivity contribution < 1.29 is 87.2 Å². The number of fused-ring (bicyclic) bond motifs is 8. The molecule has 5 aliphatic rings. The van der Waals surface area contributed by atoms with Crippen LogP contribution in [-0.2, 0) is 78.3 Å². The fraction of sp³-hybridized carbons (Fsp3) is 0.672. The summed E-state index contributed by atoms with van der Waals surface area (Å²) in [7, 11) is 1.70. The van der Waals surface area contributed by atoms with Gasteiger partial charge in [-0.2, -0.15) is 0 Å². The number of unbranched alkanes of at least 4 members (excludes halogenated alkanes) is 1. The van der Waals surface area contributed by atoms with E-state index in [-0.39, 0.29) is 103 Å². The molecule has 5 heterocycles. The third kappa shape index (κ3) is 24.6. The van der Waals surface area contributed by atoms with Gasteiger partial charge < -0.3 is 106 Å². The van der Waals surface area contributed by atoms with Gasteiger partial charge >= 0.3 is 5.97 Å². The summed E-state index contributed by atoms with van der Waals surface area (Å²) in [5.74, 6) is -17.2. The highest BCUT2D eigenvalue weighted by molar-refractivity contribution is 8.76. The molecule has 1 aromatic carbocycles. The molecule has 1 aromatic rings. The lowest BCUT2D eigenvalue weighted by Crippen LogP contribution is -2.62. The van der Waals surface area contributed by atoms with Crippen LogP contribution in [0.2, 0.25) is 0 Å². The SMILES string of the molecule is CC[C@@H](C)[C@@H]1NC(=O)C2CCCN2C(=O)C2CCCN2C(=O)[C@H]([C@H](C)CC)NC(=O)[C@H](CO)NC(=O)C(CCCCN)NC(=O)C(C(C)O)NC(=O)[C@@H]2CSSC[C@@H](NC1=O)C(=O)N[C@H](Cc1ccccc1)C(=O)N1CCCC1C(=O)N[C@@H](CC(=O)O)C(=O)NCC(=O)N[C@@H](CCCN=C(N)N)C(=O)N2. The van der Waals surface area contributed by atoms with Crippen LogP contribution in [0, 0.1) is 11.8 Å². The number of aliphatic carboxylic acids is 1. The van der Waals surface area contributed by atoms with Gasteiger partial charge in [0.1, 0.15) is 78.5 Å². The third-order valence-electron chi connectivity index (χ3n) is 19.3. The molecule has 5 fully saturated rings. The van der Waals surface area contributed by atoms with Crippen LogP contribution in [0.1, 0.15) is 130 Å². The minimum Gasteiger partial charge on any atom is -0.481 e. The first kappa shape index (κ1) is 85.1. The van der Waals surface area contributed by atoms with Gasteiger partial charge in [0.15, 0.2) is 5.96 Å². The van der Waals surface area contributed by atoms with E-state index in [0.29, 0.717) is 31.2 Å². The number of carboxylic acid groups (broad SMARTS) is 1. The fourth-order valence-corrected chi connectivity index (χ4v) is 15.2. The van der Waals surface area contributed by atoms with Crippen molar-refractivity contribution in [1.29, 1.82) is 0 Å². The van der Waals surface area contributed by atoms with E-state index in [2.05, 4.69) is 63.5 Å². The first-order valence-electron chi connectivity index (χ1n) is 35.8. The smallest absolute Gasteiger partial charge is 0.305 e. The monoisotopic (exact) mass is 1510 g/mol. The highest BCUT2D eigenvalue weighted by atomic mass is 33.1. The van der Waals surface area contributed by atoms with Crippen molar-refractivity contribution >= 4 is 116 Å². The molecule has 14 amide bonds. The summed E-state index contributed by atoms with van der Waals surface area (Å²) in [6.07, 6.45) is -1.00. The molecule has 0 aromatic heterocycles. The number of benzene rings is 1. The number of nitrogens with two attached hydrogens (primary N) is 3. The molecule has 6 unspecified atom stereocenters. The van der Waals surface area contributed by atoms with Crippen LogP contribution in [0.4, 0.5) is 0 Å². The summed E-state index contributed by atoms with van der Waals surface area (Å²) in [6, 6.07) is -11.5. The Bertz CT molecular complexity index is 3300. The summed E-state index contributed by atoms with van der Waals surface area (Å²) >= 11 is 0. The Morgan fingerprint density at radius 1 is 0.533 bits per heavy atom. The summed E-state index contributed by atoms with van der Waals surface area (Å²) in [6.45, 7) is 6.22. The highest BCUT2D eigenvalue weighted by Crippen LogP contribution is 2.29. The zero-order valence-electron chi connectivity index (χ0n) is 59.9. The number of carboxylic acids is 1. The van der Waals surface area contributed by atoms with E-state index in [1.165, 1.54) is 14.7 Å². The van der Waals surface area contributed by atoms with Crippen molar-refractivity contribution in [3.8, 4) is 0 Å². The van der Waals surface area contributed by atoms with Crippen LogP contribution >= 0.6 is 21.6 Å². The maximum absolute atomic E-state index is 15.3. The number of nitrogens with zero attached hydrogens (tertiary/aromatic N) is 4. The first-order chi connectivity index (χ1) is 50.0. The van der Waals surface area contributed by atoms with Gasteiger partial charge in [-0.3, -0.25) is 76.9 Å². The average Bonchev–Trinajstić information content (AvgIpc) is 1.69. The highest BCUT2D eigenvalue weighted by Gasteiger charge is 2.47. The van der Waals surface area contributed by atoms with Gasteiger partial charge in [0.25, 0.3) is 0 Å². The Labute approximate surface area is 616 Å². The number of hydrogen-bond donors (Lipinski definition) is 17. The van der Waals surface area contributed by atoms with Crippen molar-refractivity contribution in [2.75, 3.05) is 57.4 Å². The lowest BCUT2D eigenvalue weighted by molar-refractivity contribution is -0.149. The fourth-order valence-electron chi connectivity index (χ4n) is 12.9. The van der Waals surface area contributed by atoms with Crippen LogP contribution < -0.4 is 75.7 Å².